The number of rotatable bonds is 10. The van der Waals surface area contributed by atoms with E-state index in [4.69, 9.17) is 23.9 Å². The molecule has 1 aliphatic rings. The first-order valence-electron chi connectivity index (χ1n) is 13.8. The number of nitrogens with zero attached hydrogens (tertiary/aromatic N) is 1. The highest BCUT2D eigenvalue weighted by atomic mass is 16.5. The van der Waals surface area contributed by atoms with Crippen molar-refractivity contribution in [2.45, 2.75) is 32.6 Å². The Labute approximate surface area is 240 Å². The number of ether oxygens (including phenoxy) is 4. The van der Waals surface area contributed by atoms with Crippen molar-refractivity contribution in [2.75, 3.05) is 38.6 Å². The molecule has 8 heteroatoms. The highest BCUT2D eigenvalue weighted by Crippen LogP contribution is 2.38. The molecular formula is C33H35N3O5. The third-order valence-electron chi connectivity index (χ3n) is 7.10. The fourth-order valence-corrected chi connectivity index (χ4v) is 5.12. The first-order chi connectivity index (χ1) is 20.0. The van der Waals surface area contributed by atoms with Gasteiger partial charge < -0.3 is 29.6 Å². The van der Waals surface area contributed by atoms with Crippen LogP contribution in [0.25, 0.3) is 17.0 Å². The molecule has 212 valence electrons. The van der Waals surface area contributed by atoms with Crippen molar-refractivity contribution in [2.24, 2.45) is 0 Å². The summed E-state index contributed by atoms with van der Waals surface area (Å²) in [5.41, 5.74) is 6.61. The predicted octanol–water partition coefficient (Wildman–Crippen LogP) is 6.93. The Balaban J connectivity index is 1.43. The van der Waals surface area contributed by atoms with Crippen LogP contribution < -0.4 is 29.6 Å². The summed E-state index contributed by atoms with van der Waals surface area (Å²) in [4.78, 5) is 17.9. The van der Waals surface area contributed by atoms with Crippen molar-refractivity contribution < 1.29 is 23.7 Å². The summed E-state index contributed by atoms with van der Waals surface area (Å²) in [6.45, 7) is 2.47. The van der Waals surface area contributed by atoms with E-state index < -0.39 is 0 Å². The van der Waals surface area contributed by atoms with Gasteiger partial charge in [-0.1, -0.05) is 6.07 Å². The van der Waals surface area contributed by atoms with E-state index in [1.54, 1.807) is 27.4 Å². The van der Waals surface area contributed by atoms with Crippen LogP contribution in [-0.4, -0.2) is 38.8 Å². The molecule has 2 N–H and O–H groups in total. The molecule has 0 unspecified atom stereocenters. The number of aromatic nitrogens is 1. The Morgan fingerprint density at radius 3 is 2.37 bits per heavy atom. The Morgan fingerprint density at radius 1 is 0.854 bits per heavy atom. The number of fused-ring (bicyclic) bond motifs is 2. The number of aryl methyl sites for hydroxylation is 1. The van der Waals surface area contributed by atoms with Crippen molar-refractivity contribution in [1.82, 2.24) is 4.98 Å². The quantitative estimate of drug-likeness (QED) is 0.206. The van der Waals surface area contributed by atoms with E-state index in [2.05, 4.69) is 10.6 Å². The second-order valence-electron chi connectivity index (χ2n) is 9.71. The van der Waals surface area contributed by atoms with Gasteiger partial charge in [0.2, 0.25) is 5.91 Å². The maximum Gasteiger partial charge on any atom is 0.248 e. The lowest BCUT2D eigenvalue weighted by Crippen LogP contribution is -2.11. The van der Waals surface area contributed by atoms with Gasteiger partial charge in [-0.25, -0.2) is 0 Å². The number of carbonyl (C=O) groups excluding carboxylic acids is 1. The number of hydrogen-bond acceptors (Lipinski definition) is 7. The number of nitrogens with one attached hydrogen (secondary N) is 2. The topological polar surface area (TPSA) is 90.9 Å². The average Bonchev–Trinajstić information content (AvgIpc) is 3.00. The summed E-state index contributed by atoms with van der Waals surface area (Å²) in [5, 5.41) is 7.57. The van der Waals surface area contributed by atoms with Crippen LogP contribution in [0.15, 0.2) is 60.7 Å². The summed E-state index contributed by atoms with van der Waals surface area (Å²) in [7, 11) is 4.84. The van der Waals surface area contributed by atoms with Gasteiger partial charge in [-0.2, -0.15) is 0 Å². The van der Waals surface area contributed by atoms with E-state index in [1.165, 1.54) is 11.6 Å². The van der Waals surface area contributed by atoms with E-state index >= 15 is 0 Å². The standard InChI is InChI=1S/C33H35N3O5/c1-5-41-29-15-10-21(18-30(29)39-3)11-17-32(37)34-22-12-14-27-25(19-22)33(24-8-6-7-9-26(24)36-27)35-23-13-16-28(38-2)31(20-23)40-4/h10-20H,5-9H2,1-4H3,(H,34,37)(H,35,36)/b17-11+. The van der Waals surface area contributed by atoms with Crippen LogP contribution in [0.3, 0.4) is 0 Å². The molecule has 0 saturated carbocycles. The lowest BCUT2D eigenvalue weighted by molar-refractivity contribution is -0.111. The molecule has 0 radical (unpaired) electrons. The van der Waals surface area contributed by atoms with Crippen LogP contribution in [-0.2, 0) is 17.6 Å². The number of methoxy groups -OCH3 is 3. The molecule has 1 aromatic heterocycles. The molecule has 8 nitrogen and oxygen atoms in total. The van der Waals surface area contributed by atoms with Crippen molar-refractivity contribution in [3.8, 4) is 23.0 Å². The molecule has 0 bridgehead atoms. The monoisotopic (exact) mass is 553 g/mol. The molecule has 0 atom stereocenters. The minimum Gasteiger partial charge on any atom is -0.493 e. The predicted molar refractivity (Wildman–Crippen MR) is 163 cm³/mol. The summed E-state index contributed by atoms with van der Waals surface area (Å²) in [6, 6.07) is 17.2. The molecule has 1 amide bonds. The fraction of sp³-hybridized carbons (Fsp3) is 0.273. The Kier molecular flexibility index (Phi) is 8.58. The molecule has 3 aromatic carbocycles. The van der Waals surface area contributed by atoms with Gasteiger partial charge in [0.05, 0.1) is 39.1 Å². The summed E-state index contributed by atoms with van der Waals surface area (Å²) in [5.74, 6) is 2.36. The molecule has 0 saturated heterocycles. The van der Waals surface area contributed by atoms with E-state index in [1.807, 2.05) is 61.5 Å². The highest BCUT2D eigenvalue weighted by Gasteiger charge is 2.19. The van der Waals surface area contributed by atoms with Crippen molar-refractivity contribution in [3.05, 3.63) is 77.5 Å². The van der Waals surface area contributed by atoms with Gasteiger partial charge in [-0.05, 0) is 92.3 Å². The number of anilines is 3. The van der Waals surface area contributed by atoms with E-state index in [0.717, 1.165) is 59.2 Å². The Hall–Kier alpha value is -4.72. The van der Waals surface area contributed by atoms with Gasteiger partial charge in [0.15, 0.2) is 23.0 Å². The molecule has 0 fully saturated rings. The van der Waals surface area contributed by atoms with Crippen LogP contribution in [0, 0.1) is 0 Å². The second kappa shape index (κ2) is 12.6. The zero-order valence-electron chi connectivity index (χ0n) is 23.9. The number of carbonyl (C=O) groups is 1. The van der Waals surface area contributed by atoms with E-state index in [9.17, 15) is 4.79 Å². The van der Waals surface area contributed by atoms with E-state index in [0.29, 0.717) is 35.3 Å². The number of benzene rings is 3. The molecule has 1 heterocycles. The lowest BCUT2D eigenvalue weighted by atomic mass is 9.92. The first-order valence-corrected chi connectivity index (χ1v) is 13.8. The molecule has 1 aliphatic carbocycles. The smallest absolute Gasteiger partial charge is 0.248 e. The van der Waals surface area contributed by atoms with Gasteiger partial charge in [-0.15, -0.1) is 0 Å². The molecule has 5 rings (SSSR count). The minimum absolute atomic E-state index is 0.238. The van der Waals surface area contributed by atoms with Crippen LogP contribution >= 0.6 is 0 Å². The van der Waals surface area contributed by atoms with Crippen LogP contribution in [0.5, 0.6) is 23.0 Å². The second-order valence-corrected chi connectivity index (χ2v) is 9.71. The fourth-order valence-electron chi connectivity index (χ4n) is 5.12. The average molecular weight is 554 g/mol. The largest absolute Gasteiger partial charge is 0.493 e. The Morgan fingerprint density at radius 2 is 1.59 bits per heavy atom. The molecule has 0 aliphatic heterocycles. The molecule has 4 aromatic rings. The van der Waals surface area contributed by atoms with Gasteiger partial charge >= 0.3 is 0 Å². The third kappa shape index (κ3) is 6.22. The maximum atomic E-state index is 12.9. The minimum atomic E-state index is -0.238. The van der Waals surface area contributed by atoms with Gasteiger partial charge in [0.1, 0.15) is 0 Å². The number of pyridine rings is 1. The number of amides is 1. The highest BCUT2D eigenvalue weighted by molar-refractivity contribution is 6.04. The SMILES string of the molecule is CCOc1ccc(/C=C/C(=O)Nc2ccc3nc4c(c(Nc5ccc(OC)c(OC)c5)c3c2)CCCC4)cc1OC. The van der Waals surface area contributed by atoms with Crippen molar-refractivity contribution >= 4 is 39.9 Å². The lowest BCUT2D eigenvalue weighted by Gasteiger charge is -2.22. The van der Waals surface area contributed by atoms with Crippen LogP contribution in [0.4, 0.5) is 17.1 Å². The number of hydrogen-bond donors (Lipinski definition) is 2. The zero-order chi connectivity index (χ0) is 28.8. The van der Waals surface area contributed by atoms with Crippen LogP contribution in [0.2, 0.25) is 0 Å². The summed E-state index contributed by atoms with van der Waals surface area (Å²) < 4.78 is 21.9. The zero-order valence-corrected chi connectivity index (χ0v) is 23.9. The van der Waals surface area contributed by atoms with Crippen molar-refractivity contribution in [1.29, 1.82) is 0 Å². The first kappa shape index (κ1) is 27.8. The molecule has 0 spiro atoms. The van der Waals surface area contributed by atoms with Crippen LogP contribution in [0.1, 0.15) is 36.6 Å². The molecule has 41 heavy (non-hydrogen) atoms. The van der Waals surface area contributed by atoms with Gasteiger partial charge in [0.25, 0.3) is 0 Å². The van der Waals surface area contributed by atoms with Gasteiger partial charge in [-0.3, -0.25) is 9.78 Å². The summed E-state index contributed by atoms with van der Waals surface area (Å²) >= 11 is 0. The molecular weight excluding hydrogens is 518 g/mol. The van der Waals surface area contributed by atoms with E-state index in [-0.39, 0.29) is 5.91 Å². The Bertz CT molecular complexity index is 1600. The summed E-state index contributed by atoms with van der Waals surface area (Å²) in [6.07, 6.45) is 7.38. The maximum absolute atomic E-state index is 12.9. The third-order valence-corrected chi connectivity index (χ3v) is 7.10. The van der Waals surface area contributed by atoms with Crippen molar-refractivity contribution in [3.63, 3.8) is 0 Å². The van der Waals surface area contributed by atoms with Gasteiger partial charge in [0, 0.05) is 34.6 Å². The normalized spacial score (nSPS) is 12.6.